The molecule has 0 aliphatic rings. The molecule has 0 saturated heterocycles. The lowest BCUT2D eigenvalue weighted by atomic mass is 10.1. The van der Waals surface area contributed by atoms with Crippen LogP contribution in [0.5, 0.6) is 5.75 Å². The Kier molecular flexibility index (Phi) is 3.00. The predicted molar refractivity (Wildman–Crippen MR) is 67.7 cm³/mol. The Balaban J connectivity index is 2.64. The number of hydrogen-bond acceptors (Lipinski definition) is 3. The summed E-state index contributed by atoms with van der Waals surface area (Å²) in [7, 11) is 0. The molecule has 0 aliphatic carbocycles. The molecule has 0 unspecified atom stereocenters. The fourth-order valence-corrected chi connectivity index (χ4v) is 1.82. The van der Waals surface area contributed by atoms with Crippen LogP contribution in [0.2, 0.25) is 0 Å². The predicted octanol–water partition coefficient (Wildman–Crippen LogP) is 2.97. The average Bonchev–Trinajstić information content (AvgIpc) is 2.24. The molecule has 0 bridgehead atoms. The van der Waals surface area contributed by atoms with E-state index in [2.05, 4.69) is 6.58 Å². The van der Waals surface area contributed by atoms with Crippen LogP contribution in [0.1, 0.15) is 11.3 Å². The van der Waals surface area contributed by atoms with E-state index >= 15 is 0 Å². The standard InChI is InChI=1S/C14H14O3/c1-4-5-16-11-6-9(2)14-12(15)7-10(3)17-13(14)8-11/h4,6-8H,1,5H2,2-3H3. The van der Waals surface area contributed by atoms with Crippen LogP contribution in [0.15, 0.2) is 40.1 Å². The zero-order valence-corrected chi connectivity index (χ0v) is 9.95. The molecule has 3 heteroatoms. The monoisotopic (exact) mass is 230 g/mol. The highest BCUT2D eigenvalue weighted by molar-refractivity contribution is 5.81. The number of hydrogen-bond donors (Lipinski definition) is 0. The fraction of sp³-hybridized carbons (Fsp3) is 0.214. The van der Waals surface area contributed by atoms with E-state index in [1.54, 1.807) is 19.1 Å². The Morgan fingerprint density at radius 3 is 2.82 bits per heavy atom. The second kappa shape index (κ2) is 4.45. The Morgan fingerprint density at radius 2 is 2.12 bits per heavy atom. The topological polar surface area (TPSA) is 39.4 Å². The van der Waals surface area contributed by atoms with Gasteiger partial charge >= 0.3 is 0 Å². The molecule has 1 aromatic carbocycles. The zero-order valence-electron chi connectivity index (χ0n) is 9.95. The van der Waals surface area contributed by atoms with Gasteiger partial charge in [0.25, 0.3) is 0 Å². The Morgan fingerprint density at radius 1 is 1.35 bits per heavy atom. The van der Waals surface area contributed by atoms with Gasteiger partial charge in [-0.05, 0) is 25.5 Å². The maximum absolute atomic E-state index is 11.8. The first-order valence-electron chi connectivity index (χ1n) is 5.40. The van der Waals surface area contributed by atoms with Crippen molar-refractivity contribution < 1.29 is 9.15 Å². The Bertz CT molecular complexity index is 623. The van der Waals surface area contributed by atoms with Crippen molar-refractivity contribution in [2.24, 2.45) is 0 Å². The zero-order chi connectivity index (χ0) is 12.4. The van der Waals surface area contributed by atoms with E-state index in [0.717, 1.165) is 5.56 Å². The van der Waals surface area contributed by atoms with Crippen molar-refractivity contribution >= 4 is 11.0 Å². The van der Waals surface area contributed by atoms with Gasteiger partial charge in [-0.3, -0.25) is 4.79 Å². The molecule has 0 fully saturated rings. The first-order valence-corrected chi connectivity index (χ1v) is 5.40. The molecule has 2 aromatic rings. The van der Waals surface area contributed by atoms with E-state index in [4.69, 9.17) is 9.15 Å². The molecule has 0 aliphatic heterocycles. The summed E-state index contributed by atoms with van der Waals surface area (Å²) in [6, 6.07) is 5.07. The second-order valence-corrected chi connectivity index (χ2v) is 3.93. The second-order valence-electron chi connectivity index (χ2n) is 3.93. The Hall–Kier alpha value is -2.03. The number of fused-ring (bicyclic) bond motifs is 1. The van der Waals surface area contributed by atoms with Crippen LogP contribution in [0.4, 0.5) is 0 Å². The minimum Gasteiger partial charge on any atom is -0.489 e. The van der Waals surface area contributed by atoms with Crippen molar-refractivity contribution in [1.29, 1.82) is 0 Å². The molecule has 1 aromatic heterocycles. The lowest BCUT2D eigenvalue weighted by molar-refractivity contribution is 0.362. The molecule has 0 amide bonds. The maximum Gasteiger partial charge on any atom is 0.193 e. The maximum atomic E-state index is 11.8. The van der Waals surface area contributed by atoms with Crippen LogP contribution < -0.4 is 10.2 Å². The lowest BCUT2D eigenvalue weighted by Crippen LogP contribution is -2.03. The quantitative estimate of drug-likeness (QED) is 0.761. The van der Waals surface area contributed by atoms with Gasteiger partial charge < -0.3 is 9.15 Å². The van der Waals surface area contributed by atoms with Crippen molar-refractivity contribution in [3.05, 3.63) is 52.4 Å². The molecule has 0 atom stereocenters. The van der Waals surface area contributed by atoms with Gasteiger partial charge in [-0.25, -0.2) is 0 Å². The van der Waals surface area contributed by atoms with Crippen LogP contribution in [0.25, 0.3) is 11.0 Å². The van der Waals surface area contributed by atoms with Crippen LogP contribution in [0.3, 0.4) is 0 Å². The first kappa shape index (κ1) is 11.5. The van der Waals surface area contributed by atoms with Gasteiger partial charge in [0.1, 0.15) is 23.7 Å². The van der Waals surface area contributed by atoms with Gasteiger partial charge in [0.2, 0.25) is 0 Å². The third kappa shape index (κ3) is 2.23. The molecule has 0 saturated carbocycles. The minimum atomic E-state index is -0.0171. The van der Waals surface area contributed by atoms with Crippen molar-refractivity contribution in [3.63, 3.8) is 0 Å². The van der Waals surface area contributed by atoms with E-state index in [0.29, 0.717) is 29.1 Å². The largest absolute Gasteiger partial charge is 0.489 e. The molecule has 2 rings (SSSR count). The SMILES string of the molecule is C=CCOc1cc(C)c2c(=O)cc(C)oc2c1. The van der Waals surface area contributed by atoms with Gasteiger partial charge in [0.15, 0.2) is 5.43 Å². The lowest BCUT2D eigenvalue weighted by Gasteiger charge is -2.07. The summed E-state index contributed by atoms with van der Waals surface area (Å²) in [4.78, 5) is 11.8. The summed E-state index contributed by atoms with van der Waals surface area (Å²) in [6.07, 6.45) is 1.67. The highest BCUT2D eigenvalue weighted by Gasteiger charge is 2.08. The van der Waals surface area contributed by atoms with Gasteiger partial charge in [-0.2, -0.15) is 0 Å². The molecular formula is C14H14O3. The number of ether oxygens (including phenoxy) is 1. The molecule has 0 radical (unpaired) electrons. The number of rotatable bonds is 3. The summed E-state index contributed by atoms with van der Waals surface area (Å²) in [5, 5.41) is 0.613. The highest BCUT2D eigenvalue weighted by atomic mass is 16.5. The van der Waals surface area contributed by atoms with Gasteiger partial charge in [-0.15, -0.1) is 0 Å². The van der Waals surface area contributed by atoms with Gasteiger partial charge in [0, 0.05) is 12.1 Å². The summed E-state index contributed by atoms with van der Waals surface area (Å²) in [5.74, 6) is 1.28. The van der Waals surface area contributed by atoms with Crippen LogP contribution in [0, 0.1) is 13.8 Å². The van der Waals surface area contributed by atoms with Crippen molar-refractivity contribution in [1.82, 2.24) is 0 Å². The molecule has 1 heterocycles. The van der Waals surface area contributed by atoms with Crippen molar-refractivity contribution in [3.8, 4) is 5.75 Å². The molecule has 0 N–H and O–H groups in total. The third-order valence-electron chi connectivity index (χ3n) is 2.49. The number of benzene rings is 1. The molecule has 17 heavy (non-hydrogen) atoms. The summed E-state index contributed by atoms with van der Waals surface area (Å²) in [5.41, 5.74) is 1.40. The Labute approximate surface area is 99.3 Å². The highest BCUT2D eigenvalue weighted by Crippen LogP contribution is 2.23. The van der Waals surface area contributed by atoms with Crippen LogP contribution in [-0.4, -0.2) is 6.61 Å². The normalized spacial score (nSPS) is 10.5. The summed E-state index contributed by atoms with van der Waals surface area (Å²) in [6.45, 7) is 7.65. The van der Waals surface area contributed by atoms with E-state index in [1.165, 1.54) is 6.07 Å². The van der Waals surface area contributed by atoms with E-state index < -0.39 is 0 Å². The van der Waals surface area contributed by atoms with Crippen LogP contribution in [-0.2, 0) is 0 Å². The van der Waals surface area contributed by atoms with Crippen LogP contribution >= 0.6 is 0 Å². The third-order valence-corrected chi connectivity index (χ3v) is 2.49. The van der Waals surface area contributed by atoms with Crippen molar-refractivity contribution in [2.75, 3.05) is 6.61 Å². The molecule has 88 valence electrons. The smallest absolute Gasteiger partial charge is 0.193 e. The molecular weight excluding hydrogens is 216 g/mol. The summed E-state index contributed by atoms with van der Waals surface area (Å²) >= 11 is 0. The first-order chi connectivity index (χ1) is 8.11. The molecule has 3 nitrogen and oxygen atoms in total. The minimum absolute atomic E-state index is 0.0171. The number of aryl methyl sites for hydroxylation is 2. The fourth-order valence-electron chi connectivity index (χ4n) is 1.82. The van der Waals surface area contributed by atoms with E-state index in [-0.39, 0.29) is 5.43 Å². The van der Waals surface area contributed by atoms with Gasteiger partial charge in [0.05, 0.1) is 5.39 Å². The van der Waals surface area contributed by atoms with Crippen molar-refractivity contribution in [2.45, 2.75) is 13.8 Å². The summed E-state index contributed by atoms with van der Waals surface area (Å²) < 4.78 is 11.0. The van der Waals surface area contributed by atoms with Gasteiger partial charge in [-0.1, -0.05) is 12.7 Å². The van der Waals surface area contributed by atoms with E-state index in [9.17, 15) is 4.79 Å². The molecule has 0 spiro atoms. The average molecular weight is 230 g/mol. The van der Waals surface area contributed by atoms with E-state index in [1.807, 2.05) is 13.0 Å².